The molecule has 0 unspecified atom stereocenters. The van der Waals surface area contributed by atoms with Crippen molar-refractivity contribution in [1.82, 2.24) is 9.38 Å². The van der Waals surface area contributed by atoms with Gasteiger partial charge in [0, 0.05) is 17.5 Å². The summed E-state index contributed by atoms with van der Waals surface area (Å²) in [6.45, 7) is 11.1. The molecule has 0 saturated carbocycles. The zero-order valence-electron chi connectivity index (χ0n) is 13.9. The second-order valence-electron chi connectivity index (χ2n) is 5.76. The monoisotopic (exact) mass is 294 g/mol. The van der Waals surface area contributed by atoms with E-state index in [0.29, 0.717) is 6.61 Å². The number of aryl methyl sites for hydroxylation is 4. The summed E-state index contributed by atoms with van der Waals surface area (Å²) in [7, 11) is 0. The molecule has 0 fully saturated rings. The van der Waals surface area contributed by atoms with Crippen molar-refractivity contribution in [2.24, 2.45) is 0 Å². The molecule has 0 atom stereocenters. The highest BCUT2D eigenvalue weighted by Crippen LogP contribution is 2.33. The van der Waals surface area contributed by atoms with Crippen molar-refractivity contribution in [3.05, 3.63) is 53.0 Å². The summed E-state index contributed by atoms with van der Waals surface area (Å²) in [6.07, 6.45) is 2.08. The number of rotatable bonds is 3. The lowest BCUT2D eigenvalue weighted by Crippen LogP contribution is -1.97. The molecule has 3 nitrogen and oxygen atoms in total. The van der Waals surface area contributed by atoms with E-state index in [4.69, 9.17) is 9.72 Å². The van der Waals surface area contributed by atoms with Gasteiger partial charge in [-0.2, -0.15) is 0 Å². The summed E-state index contributed by atoms with van der Waals surface area (Å²) in [5.41, 5.74) is 8.15. The molecule has 0 aliphatic rings. The van der Waals surface area contributed by atoms with E-state index in [1.165, 1.54) is 27.9 Å². The van der Waals surface area contributed by atoms with Gasteiger partial charge in [0.05, 0.1) is 12.3 Å². The standard InChI is InChI=1S/C19H22N2O/c1-6-22-16-10-12(2)18(13(3)11-16)17-8-7-9-21-15(5)14(4)20-19(17)21/h7-11H,6H2,1-5H3. The Hall–Kier alpha value is -2.29. The second-order valence-corrected chi connectivity index (χ2v) is 5.76. The molecule has 0 radical (unpaired) electrons. The number of hydrogen-bond acceptors (Lipinski definition) is 2. The Kier molecular flexibility index (Phi) is 3.65. The van der Waals surface area contributed by atoms with Gasteiger partial charge in [-0.3, -0.25) is 0 Å². The lowest BCUT2D eigenvalue weighted by Gasteiger charge is -2.14. The minimum absolute atomic E-state index is 0.687. The molecule has 0 bridgehead atoms. The third kappa shape index (κ3) is 2.27. The van der Waals surface area contributed by atoms with E-state index in [0.717, 1.165) is 17.1 Å². The molecule has 0 N–H and O–H groups in total. The number of fused-ring (bicyclic) bond motifs is 1. The minimum atomic E-state index is 0.687. The number of pyridine rings is 1. The van der Waals surface area contributed by atoms with Crippen molar-refractivity contribution in [2.75, 3.05) is 6.61 Å². The Morgan fingerprint density at radius 1 is 1.09 bits per heavy atom. The van der Waals surface area contributed by atoms with Crippen LogP contribution in [0.2, 0.25) is 0 Å². The summed E-state index contributed by atoms with van der Waals surface area (Å²) < 4.78 is 7.81. The van der Waals surface area contributed by atoms with Crippen molar-refractivity contribution >= 4 is 5.65 Å². The first kappa shape index (κ1) is 14.6. The molecular weight excluding hydrogens is 272 g/mol. The van der Waals surface area contributed by atoms with E-state index in [2.05, 4.69) is 62.6 Å². The number of aromatic nitrogens is 2. The predicted molar refractivity (Wildman–Crippen MR) is 90.7 cm³/mol. The maximum Gasteiger partial charge on any atom is 0.145 e. The van der Waals surface area contributed by atoms with Crippen molar-refractivity contribution in [3.63, 3.8) is 0 Å². The fourth-order valence-corrected chi connectivity index (χ4v) is 3.09. The lowest BCUT2D eigenvalue weighted by molar-refractivity contribution is 0.340. The Morgan fingerprint density at radius 2 is 1.77 bits per heavy atom. The molecule has 0 saturated heterocycles. The van der Waals surface area contributed by atoms with E-state index in [-0.39, 0.29) is 0 Å². The van der Waals surface area contributed by atoms with Gasteiger partial charge in [-0.1, -0.05) is 0 Å². The van der Waals surface area contributed by atoms with Crippen LogP contribution >= 0.6 is 0 Å². The summed E-state index contributed by atoms with van der Waals surface area (Å²) in [5.74, 6) is 0.934. The van der Waals surface area contributed by atoms with Crippen LogP contribution in [0.5, 0.6) is 5.75 Å². The maximum atomic E-state index is 5.65. The topological polar surface area (TPSA) is 26.5 Å². The molecule has 22 heavy (non-hydrogen) atoms. The third-order valence-corrected chi connectivity index (χ3v) is 4.21. The van der Waals surface area contributed by atoms with Gasteiger partial charge in [0.2, 0.25) is 0 Å². The first-order valence-electron chi connectivity index (χ1n) is 7.71. The Bertz CT molecular complexity index is 823. The normalized spacial score (nSPS) is 11.1. The number of benzene rings is 1. The molecule has 0 aliphatic heterocycles. The van der Waals surface area contributed by atoms with E-state index >= 15 is 0 Å². The van der Waals surface area contributed by atoms with Crippen LogP contribution in [-0.4, -0.2) is 16.0 Å². The molecule has 3 aromatic rings. The van der Waals surface area contributed by atoms with Gasteiger partial charge in [-0.15, -0.1) is 0 Å². The zero-order chi connectivity index (χ0) is 15.9. The summed E-state index contributed by atoms with van der Waals surface area (Å²) >= 11 is 0. The van der Waals surface area contributed by atoms with Crippen LogP contribution in [0.4, 0.5) is 0 Å². The Morgan fingerprint density at radius 3 is 2.41 bits per heavy atom. The quantitative estimate of drug-likeness (QED) is 0.704. The van der Waals surface area contributed by atoms with Gasteiger partial charge in [0.1, 0.15) is 11.4 Å². The van der Waals surface area contributed by atoms with Crippen molar-refractivity contribution in [2.45, 2.75) is 34.6 Å². The number of ether oxygens (including phenoxy) is 1. The van der Waals surface area contributed by atoms with Crippen molar-refractivity contribution in [3.8, 4) is 16.9 Å². The van der Waals surface area contributed by atoms with Gasteiger partial charge in [-0.25, -0.2) is 4.98 Å². The average Bonchev–Trinajstić information content (AvgIpc) is 2.75. The van der Waals surface area contributed by atoms with Crippen molar-refractivity contribution < 1.29 is 4.74 Å². The maximum absolute atomic E-state index is 5.65. The fraction of sp³-hybridized carbons (Fsp3) is 0.316. The van der Waals surface area contributed by atoms with Crippen LogP contribution in [-0.2, 0) is 0 Å². The van der Waals surface area contributed by atoms with Gasteiger partial charge >= 0.3 is 0 Å². The van der Waals surface area contributed by atoms with Gasteiger partial charge < -0.3 is 9.14 Å². The van der Waals surface area contributed by atoms with Crippen LogP contribution in [0.15, 0.2) is 30.5 Å². The lowest BCUT2D eigenvalue weighted by atomic mass is 9.96. The molecule has 0 amide bonds. The predicted octanol–water partition coefficient (Wildman–Crippen LogP) is 4.63. The molecule has 2 aromatic heterocycles. The number of nitrogens with zero attached hydrogens (tertiary/aromatic N) is 2. The van der Waals surface area contributed by atoms with Crippen molar-refractivity contribution in [1.29, 1.82) is 0 Å². The Labute approximate surface area is 131 Å². The molecule has 114 valence electrons. The van der Waals surface area contributed by atoms with Gasteiger partial charge in [0.15, 0.2) is 0 Å². The SMILES string of the molecule is CCOc1cc(C)c(-c2cccn3c(C)c(C)nc23)c(C)c1. The smallest absolute Gasteiger partial charge is 0.145 e. The van der Waals surface area contributed by atoms with E-state index < -0.39 is 0 Å². The number of hydrogen-bond donors (Lipinski definition) is 0. The average molecular weight is 294 g/mol. The zero-order valence-corrected chi connectivity index (χ0v) is 13.9. The Balaban J connectivity index is 2.26. The fourth-order valence-electron chi connectivity index (χ4n) is 3.09. The molecule has 3 heteroatoms. The largest absolute Gasteiger partial charge is 0.494 e. The molecule has 0 aliphatic carbocycles. The van der Waals surface area contributed by atoms with Crippen LogP contribution < -0.4 is 4.74 Å². The second kappa shape index (κ2) is 5.48. The van der Waals surface area contributed by atoms with E-state index in [9.17, 15) is 0 Å². The van der Waals surface area contributed by atoms with Crippen LogP contribution in [0, 0.1) is 27.7 Å². The highest BCUT2D eigenvalue weighted by Gasteiger charge is 2.14. The van der Waals surface area contributed by atoms with Gasteiger partial charge in [0.25, 0.3) is 0 Å². The number of imidazole rings is 1. The van der Waals surface area contributed by atoms with Gasteiger partial charge in [-0.05, 0) is 75.6 Å². The summed E-state index contributed by atoms with van der Waals surface area (Å²) in [5, 5.41) is 0. The van der Waals surface area contributed by atoms with E-state index in [1.807, 2.05) is 6.92 Å². The summed E-state index contributed by atoms with van der Waals surface area (Å²) in [6, 6.07) is 8.46. The molecular formula is C19H22N2O. The first-order chi connectivity index (χ1) is 10.5. The molecule has 1 aromatic carbocycles. The van der Waals surface area contributed by atoms with E-state index in [1.54, 1.807) is 0 Å². The molecule has 2 heterocycles. The first-order valence-corrected chi connectivity index (χ1v) is 7.71. The molecule has 3 rings (SSSR count). The highest BCUT2D eigenvalue weighted by molar-refractivity contribution is 5.82. The third-order valence-electron chi connectivity index (χ3n) is 4.21. The molecule has 0 spiro atoms. The highest BCUT2D eigenvalue weighted by atomic mass is 16.5. The van der Waals surface area contributed by atoms with Crippen LogP contribution in [0.25, 0.3) is 16.8 Å². The van der Waals surface area contributed by atoms with Crippen LogP contribution in [0.3, 0.4) is 0 Å². The van der Waals surface area contributed by atoms with Crippen LogP contribution in [0.1, 0.15) is 29.4 Å². The minimum Gasteiger partial charge on any atom is -0.494 e. The summed E-state index contributed by atoms with van der Waals surface area (Å²) in [4.78, 5) is 4.76.